The van der Waals surface area contributed by atoms with Crippen LogP contribution in [0.2, 0.25) is 5.02 Å². The van der Waals surface area contributed by atoms with Gasteiger partial charge in [-0.3, -0.25) is 0 Å². The molecule has 0 atom stereocenters. The lowest BCUT2D eigenvalue weighted by Gasteiger charge is -1.98. The van der Waals surface area contributed by atoms with Gasteiger partial charge in [0.15, 0.2) is 0 Å². The molecule has 0 aliphatic heterocycles. The van der Waals surface area contributed by atoms with E-state index in [1.165, 1.54) is 18.2 Å². The van der Waals surface area contributed by atoms with Gasteiger partial charge in [-0.25, -0.2) is 4.79 Å². The van der Waals surface area contributed by atoms with E-state index in [4.69, 9.17) is 39.6 Å². The molecule has 2 rings (SSSR count). The Balaban J connectivity index is 0.000000204. The highest BCUT2D eigenvalue weighted by Gasteiger charge is 2.03. The van der Waals surface area contributed by atoms with Crippen LogP contribution < -0.4 is 22.9 Å². The van der Waals surface area contributed by atoms with E-state index in [1.807, 2.05) is 0 Å². The summed E-state index contributed by atoms with van der Waals surface area (Å²) in [4.78, 5) is 10.4. The van der Waals surface area contributed by atoms with Crippen molar-refractivity contribution in [3.63, 3.8) is 0 Å². The molecule has 106 valence electrons. The average Bonchev–Trinajstić information content (AvgIpc) is 2.34. The molecular weight excluding hydrogens is 280 g/mol. The van der Waals surface area contributed by atoms with Crippen molar-refractivity contribution in [3.8, 4) is 0 Å². The number of carboxylic acids is 1. The second-order valence-electron chi connectivity index (χ2n) is 3.97. The number of hydrogen-bond donors (Lipinski definition) is 5. The Kier molecular flexibility index (Phi) is 5.05. The molecule has 0 amide bonds. The number of hydrogen-bond acceptors (Lipinski definition) is 5. The zero-order valence-corrected chi connectivity index (χ0v) is 11.3. The van der Waals surface area contributed by atoms with E-state index >= 15 is 0 Å². The highest BCUT2D eigenvalue weighted by molar-refractivity contribution is 6.33. The molecule has 9 N–H and O–H groups in total. The van der Waals surface area contributed by atoms with Gasteiger partial charge in [0.2, 0.25) is 0 Å². The van der Waals surface area contributed by atoms with Crippen LogP contribution in [0.1, 0.15) is 10.4 Å². The summed E-state index contributed by atoms with van der Waals surface area (Å²) in [6.45, 7) is 0. The van der Waals surface area contributed by atoms with Gasteiger partial charge in [-0.1, -0.05) is 11.6 Å². The Labute approximate surface area is 120 Å². The van der Waals surface area contributed by atoms with E-state index in [2.05, 4.69) is 0 Å². The average molecular weight is 295 g/mol. The van der Waals surface area contributed by atoms with Crippen LogP contribution in [-0.4, -0.2) is 11.1 Å². The highest BCUT2D eigenvalue weighted by Crippen LogP contribution is 2.19. The molecule has 0 heterocycles. The molecule has 0 radical (unpaired) electrons. The Bertz CT molecular complexity index is 612. The third-order valence-electron chi connectivity index (χ3n) is 2.24. The molecule has 0 aliphatic carbocycles. The number of benzene rings is 2. The number of carboxylic acid groups (broad SMARTS) is 1. The van der Waals surface area contributed by atoms with Crippen LogP contribution in [0.15, 0.2) is 36.4 Å². The monoisotopic (exact) mass is 294 g/mol. The Morgan fingerprint density at radius 2 is 1.45 bits per heavy atom. The molecule has 0 fully saturated rings. The van der Waals surface area contributed by atoms with Gasteiger partial charge in [-0.15, -0.1) is 0 Å². The third-order valence-corrected chi connectivity index (χ3v) is 2.59. The maximum atomic E-state index is 10.4. The minimum atomic E-state index is -1.02. The summed E-state index contributed by atoms with van der Waals surface area (Å²) in [5.41, 5.74) is 23.5. The van der Waals surface area contributed by atoms with Gasteiger partial charge < -0.3 is 28.0 Å². The minimum absolute atomic E-state index is 0.113. The molecule has 20 heavy (non-hydrogen) atoms. The maximum Gasteiger partial charge on any atom is 0.335 e. The zero-order valence-electron chi connectivity index (χ0n) is 10.5. The molecule has 0 aromatic heterocycles. The van der Waals surface area contributed by atoms with E-state index in [-0.39, 0.29) is 5.56 Å². The summed E-state index contributed by atoms with van der Waals surface area (Å²) in [7, 11) is 0. The van der Waals surface area contributed by atoms with E-state index < -0.39 is 5.97 Å². The number of rotatable bonds is 1. The number of anilines is 4. The number of aromatic carboxylic acids is 1. The molecule has 0 spiro atoms. The lowest BCUT2D eigenvalue weighted by atomic mass is 10.2. The highest BCUT2D eigenvalue weighted by atomic mass is 35.5. The summed E-state index contributed by atoms with van der Waals surface area (Å²) in [6.07, 6.45) is 0. The van der Waals surface area contributed by atoms with Gasteiger partial charge in [-0.2, -0.15) is 0 Å². The van der Waals surface area contributed by atoms with Crippen LogP contribution in [-0.2, 0) is 0 Å². The van der Waals surface area contributed by atoms with Crippen molar-refractivity contribution < 1.29 is 9.90 Å². The Hall–Kier alpha value is -2.60. The van der Waals surface area contributed by atoms with Crippen molar-refractivity contribution in [2.75, 3.05) is 22.9 Å². The van der Waals surface area contributed by atoms with Gasteiger partial charge in [0, 0.05) is 17.1 Å². The molecule has 2 aromatic rings. The largest absolute Gasteiger partial charge is 0.478 e. The predicted molar refractivity (Wildman–Crippen MR) is 82.5 cm³/mol. The number of nitrogens with two attached hydrogens (primary N) is 4. The molecule has 7 heteroatoms. The van der Waals surface area contributed by atoms with Crippen molar-refractivity contribution in [1.82, 2.24) is 0 Å². The SMILES string of the molecule is Nc1cc(N)cc(C(=O)O)c1.Nc1ccc(Cl)c(N)c1. The smallest absolute Gasteiger partial charge is 0.335 e. The predicted octanol–water partition coefficient (Wildman–Crippen LogP) is 2.05. The standard InChI is InChI=1S/C7H8N2O2.C6H7ClN2/c8-5-1-4(7(10)11)2-6(9)3-5;7-5-2-1-4(8)3-6(5)9/h1-3H,8-9H2,(H,10,11);1-3H,8-9H2. The quantitative estimate of drug-likeness (QED) is 0.510. The summed E-state index contributed by atoms with van der Waals surface area (Å²) in [5, 5.41) is 9.07. The van der Waals surface area contributed by atoms with E-state index in [1.54, 1.807) is 18.2 Å². The van der Waals surface area contributed by atoms with Crippen molar-refractivity contribution in [2.45, 2.75) is 0 Å². The summed E-state index contributed by atoms with van der Waals surface area (Å²) >= 11 is 5.60. The van der Waals surface area contributed by atoms with Crippen molar-refractivity contribution in [2.24, 2.45) is 0 Å². The van der Waals surface area contributed by atoms with Gasteiger partial charge in [0.25, 0.3) is 0 Å². The molecule has 0 aliphatic rings. The second-order valence-corrected chi connectivity index (χ2v) is 4.38. The fourth-order valence-corrected chi connectivity index (χ4v) is 1.48. The van der Waals surface area contributed by atoms with Gasteiger partial charge in [-0.05, 0) is 36.4 Å². The summed E-state index contributed by atoms with van der Waals surface area (Å²) in [5.74, 6) is -1.02. The number of carbonyl (C=O) groups is 1. The Morgan fingerprint density at radius 1 is 0.900 bits per heavy atom. The van der Waals surface area contributed by atoms with E-state index in [9.17, 15) is 4.79 Å². The minimum Gasteiger partial charge on any atom is -0.478 e. The van der Waals surface area contributed by atoms with Crippen LogP contribution in [0.5, 0.6) is 0 Å². The molecule has 6 nitrogen and oxygen atoms in total. The fraction of sp³-hybridized carbons (Fsp3) is 0. The molecule has 0 unspecified atom stereocenters. The van der Waals surface area contributed by atoms with Gasteiger partial charge in [0.1, 0.15) is 0 Å². The first-order chi connectivity index (χ1) is 9.29. The van der Waals surface area contributed by atoms with Gasteiger partial charge in [0.05, 0.1) is 16.3 Å². The lowest BCUT2D eigenvalue weighted by molar-refractivity contribution is 0.0697. The Morgan fingerprint density at radius 3 is 1.85 bits per heavy atom. The molecule has 0 bridgehead atoms. The van der Waals surface area contributed by atoms with Gasteiger partial charge >= 0.3 is 5.97 Å². The van der Waals surface area contributed by atoms with E-state index in [0.717, 1.165) is 0 Å². The first-order valence-corrected chi connectivity index (χ1v) is 5.87. The van der Waals surface area contributed by atoms with Crippen molar-refractivity contribution in [1.29, 1.82) is 0 Å². The van der Waals surface area contributed by atoms with Crippen LogP contribution in [0, 0.1) is 0 Å². The van der Waals surface area contributed by atoms with Crippen molar-refractivity contribution in [3.05, 3.63) is 47.0 Å². The summed E-state index contributed by atoms with van der Waals surface area (Å²) in [6, 6.07) is 9.23. The topological polar surface area (TPSA) is 141 Å². The first-order valence-electron chi connectivity index (χ1n) is 5.49. The van der Waals surface area contributed by atoms with Crippen LogP contribution in [0.4, 0.5) is 22.7 Å². The van der Waals surface area contributed by atoms with Crippen LogP contribution in [0.25, 0.3) is 0 Å². The zero-order chi connectivity index (χ0) is 15.3. The lowest BCUT2D eigenvalue weighted by Crippen LogP contribution is -1.99. The maximum absolute atomic E-state index is 10.4. The third kappa shape index (κ3) is 4.58. The van der Waals surface area contributed by atoms with E-state index in [0.29, 0.717) is 27.8 Å². The molecule has 2 aromatic carbocycles. The van der Waals surface area contributed by atoms with Crippen LogP contribution in [0.3, 0.4) is 0 Å². The normalized spacial score (nSPS) is 9.45. The first kappa shape index (κ1) is 15.5. The fourth-order valence-electron chi connectivity index (χ4n) is 1.36. The second kappa shape index (κ2) is 6.53. The molecule has 0 saturated carbocycles. The number of halogens is 1. The summed E-state index contributed by atoms with van der Waals surface area (Å²) < 4.78 is 0. The number of nitrogen functional groups attached to an aromatic ring is 4. The van der Waals surface area contributed by atoms with Crippen LogP contribution >= 0.6 is 11.6 Å². The molecule has 0 saturated heterocycles. The van der Waals surface area contributed by atoms with Crippen molar-refractivity contribution >= 4 is 40.3 Å². The molecular formula is C13H15ClN4O2.